The van der Waals surface area contributed by atoms with Crippen molar-refractivity contribution in [3.8, 4) is 5.75 Å². The Hall–Kier alpha value is -2.01. The van der Waals surface area contributed by atoms with Crippen molar-refractivity contribution in [2.45, 2.75) is 6.42 Å². The van der Waals surface area contributed by atoms with Crippen LogP contribution in [0.2, 0.25) is 0 Å². The summed E-state index contributed by atoms with van der Waals surface area (Å²) in [6.07, 6.45) is 0.825. The molecule has 0 unspecified atom stereocenters. The number of methoxy groups -OCH3 is 1. The maximum Gasteiger partial charge on any atom is 0.253 e. The van der Waals surface area contributed by atoms with Crippen LogP contribution in [0.25, 0.3) is 0 Å². The van der Waals surface area contributed by atoms with Gasteiger partial charge in [0.15, 0.2) is 0 Å². The Kier molecular flexibility index (Phi) is 4.41. The van der Waals surface area contributed by atoms with Crippen molar-refractivity contribution >= 4 is 22.9 Å². The summed E-state index contributed by atoms with van der Waals surface area (Å²) in [5.74, 6) is 0.489. The summed E-state index contributed by atoms with van der Waals surface area (Å²) in [5, 5.41) is 6.96. The summed E-state index contributed by atoms with van der Waals surface area (Å²) < 4.78 is 5.05. The highest BCUT2D eigenvalue weighted by Crippen LogP contribution is 2.19. The van der Waals surface area contributed by atoms with E-state index in [2.05, 4.69) is 16.8 Å². The highest BCUT2D eigenvalue weighted by Gasteiger charge is 2.09. The zero-order chi connectivity index (χ0) is 13.7. The van der Waals surface area contributed by atoms with E-state index in [9.17, 15) is 4.79 Å². The first-order valence-corrected chi connectivity index (χ1v) is 6.88. The zero-order valence-electron chi connectivity index (χ0n) is 10.7. The third kappa shape index (κ3) is 3.48. The standard InChI is InChI=1S/C14H16N2O2S/c1-18-11-2-3-12(13(15)8-11)14(17)16-6-4-10-5-7-19-9-10/h2-3,5,7-9H,4,6,15H2,1H3,(H,16,17). The second kappa shape index (κ2) is 6.24. The van der Waals surface area contributed by atoms with Gasteiger partial charge in [-0.3, -0.25) is 4.79 Å². The predicted octanol–water partition coefficient (Wildman–Crippen LogP) is 2.31. The molecule has 4 nitrogen and oxygen atoms in total. The highest BCUT2D eigenvalue weighted by atomic mass is 32.1. The van der Waals surface area contributed by atoms with E-state index in [0.29, 0.717) is 23.5 Å². The molecular formula is C14H16N2O2S. The van der Waals surface area contributed by atoms with Gasteiger partial charge in [0.1, 0.15) is 5.75 Å². The molecule has 19 heavy (non-hydrogen) atoms. The van der Waals surface area contributed by atoms with Crippen LogP contribution in [0.5, 0.6) is 5.75 Å². The topological polar surface area (TPSA) is 64.3 Å². The number of hydrogen-bond acceptors (Lipinski definition) is 4. The fourth-order valence-corrected chi connectivity index (χ4v) is 2.43. The number of nitrogens with one attached hydrogen (secondary N) is 1. The van der Waals surface area contributed by atoms with Gasteiger partial charge in [0.05, 0.1) is 12.7 Å². The molecule has 0 saturated carbocycles. The third-order valence-corrected chi connectivity index (χ3v) is 3.51. The molecule has 0 aliphatic heterocycles. The molecule has 0 saturated heterocycles. The number of hydrogen-bond donors (Lipinski definition) is 2. The van der Waals surface area contributed by atoms with E-state index in [0.717, 1.165) is 6.42 Å². The Morgan fingerprint density at radius 1 is 1.42 bits per heavy atom. The number of anilines is 1. The second-order valence-corrected chi connectivity index (χ2v) is 4.87. The minimum absolute atomic E-state index is 0.157. The van der Waals surface area contributed by atoms with Crippen molar-refractivity contribution < 1.29 is 9.53 Å². The van der Waals surface area contributed by atoms with Crippen molar-refractivity contribution in [2.75, 3.05) is 19.4 Å². The molecule has 0 atom stereocenters. The number of thiophene rings is 1. The Bertz CT molecular complexity index is 553. The van der Waals surface area contributed by atoms with Crippen molar-refractivity contribution in [2.24, 2.45) is 0 Å². The van der Waals surface area contributed by atoms with Crippen molar-refractivity contribution in [3.05, 3.63) is 46.2 Å². The lowest BCUT2D eigenvalue weighted by Crippen LogP contribution is -2.26. The van der Waals surface area contributed by atoms with Crippen LogP contribution in [0.3, 0.4) is 0 Å². The van der Waals surface area contributed by atoms with E-state index in [1.54, 1.807) is 36.6 Å². The molecule has 100 valence electrons. The van der Waals surface area contributed by atoms with Gasteiger partial charge >= 0.3 is 0 Å². The number of rotatable bonds is 5. The molecule has 2 aromatic rings. The summed E-state index contributed by atoms with van der Waals surface area (Å²) >= 11 is 1.65. The molecule has 5 heteroatoms. The number of nitrogens with two attached hydrogens (primary N) is 1. The fourth-order valence-electron chi connectivity index (χ4n) is 1.73. The van der Waals surface area contributed by atoms with Crippen molar-refractivity contribution in [1.82, 2.24) is 5.32 Å². The van der Waals surface area contributed by atoms with E-state index < -0.39 is 0 Å². The highest BCUT2D eigenvalue weighted by molar-refractivity contribution is 7.07. The smallest absolute Gasteiger partial charge is 0.253 e. The number of carbonyl (C=O) groups excluding carboxylic acids is 1. The summed E-state index contributed by atoms with van der Waals surface area (Å²) in [6, 6.07) is 7.10. The molecule has 1 heterocycles. The molecule has 0 aliphatic rings. The van der Waals surface area contributed by atoms with Crippen molar-refractivity contribution in [3.63, 3.8) is 0 Å². The van der Waals surface area contributed by atoms with Gasteiger partial charge in [-0.2, -0.15) is 11.3 Å². The molecule has 3 N–H and O–H groups in total. The monoisotopic (exact) mass is 276 g/mol. The average Bonchev–Trinajstić information content (AvgIpc) is 2.91. The maximum atomic E-state index is 12.0. The Morgan fingerprint density at radius 2 is 2.26 bits per heavy atom. The SMILES string of the molecule is COc1ccc(C(=O)NCCc2ccsc2)c(N)c1. The molecule has 1 aromatic heterocycles. The second-order valence-electron chi connectivity index (χ2n) is 4.09. The summed E-state index contributed by atoms with van der Waals surface area (Å²) in [7, 11) is 1.56. The van der Waals surface area contributed by atoms with Gasteiger partial charge in [-0.05, 0) is 40.9 Å². The van der Waals surface area contributed by atoms with Crippen LogP contribution in [0, 0.1) is 0 Å². The summed E-state index contributed by atoms with van der Waals surface area (Å²) in [6.45, 7) is 0.598. The van der Waals surface area contributed by atoms with Crippen molar-refractivity contribution in [1.29, 1.82) is 0 Å². The third-order valence-electron chi connectivity index (χ3n) is 2.78. The lowest BCUT2D eigenvalue weighted by molar-refractivity contribution is 0.0955. The van der Waals surface area contributed by atoms with E-state index >= 15 is 0 Å². The van der Waals surface area contributed by atoms with Crippen LogP contribution in [-0.2, 0) is 6.42 Å². The molecule has 2 rings (SSSR count). The van der Waals surface area contributed by atoms with E-state index in [1.165, 1.54) is 5.56 Å². The van der Waals surface area contributed by atoms with Gasteiger partial charge in [-0.1, -0.05) is 0 Å². The van der Waals surface area contributed by atoms with Crippen LogP contribution in [-0.4, -0.2) is 19.6 Å². The first-order chi connectivity index (χ1) is 9.20. The average molecular weight is 276 g/mol. The number of nitrogen functional groups attached to an aromatic ring is 1. The van der Waals surface area contributed by atoms with Gasteiger partial charge in [-0.15, -0.1) is 0 Å². The van der Waals surface area contributed by atoms with Gasteiger partial charge in [-0.25, -0.2) is 0 Å². The molecule has 0 bridgehead atoms. The Balaban J connectivity index is 1.92. The minimum Gasteiger partial charge on any atom is -0.497 e. The summed E-state index contributed by atoms with van der Waals surface area (Å²) in [5.41, 5.74) is 7.96. The zero-order valence-corrected chi connectivity index (χ0v) is 11.5. The van der Waals surface area contributed by atoms with Crippen LogP contribution in [0.1, 0.15) is 15.9 Å². The Morgan fingerprint density at radius 3 is 2.89 bits per heavy atom. The van der Waals surface area contributed by atoms with Crippen LogP contribution < -0.4 is 15.8 Å². The van der Waals surface area contributed by atoms with Gasteiger partial charge in [0.2, 0.25) is 0 Å². The normalized spacial score (nSPS) is 10.2. The van der Waals surface area contributed by atoms with Crippen LogP contribution >= 0.6 is 11.3 Å². The van der Waals surface area contributed by atoms with E-state index in [-0.39, 0.29) is 5.91 Å². The number of carbonyl (C=O) groups is 1. The van der Waals surface area contributed by atoms with E-state index in [4.69, 9.17) is 10.5 Å². The fraction of sp³-hybridized carbons (Fsp3) is 0.214. The molecule has 0 fully saturated rings. The molecule has 0 radical (unpaired) electrons. The molecular weight excluding hydrogens is 260 g/mol. The largest absolute Gasteiger partial charge is 0.497 e. The first kappa shape index (κ1) is 13.4. The molecule has 1 aromatic carbocycles. The van der Waals surface area contributed by atoms with Gasteiger partial charge in [0, 0.05) is 18.3 Å². The van der Waals surface area contributed by atoms with Crippen LogP contribution in [0.15, 0.2) is 35.0 Å². The number of ether oxygens (including phenoxy) is 1. The lowest BCUT2D eigenvalue weighted by Gasteiger charge is -2.08. The predicted molar refractivity (Wildman–Crippen MR) is 77.8 cm³/mol. The quantitative estimate of drug-likeness (QED) is 0.824. The first-order valence-electron chi connectivity index (χ1n) is 5.93. The lowest BCUT2D eigenvalue weighted by atomic mass is 10.1. The minimum atomic E-state index is -0.157. The number of amides is 1. The molecule has 1 amide bonds. The van der Waals surface area contributed by atoms with E-state index in [1.807, 2.05) is 5.38 Å². The maximum absolute atomic E-state index is 12.0. The van der Waals surface area contributed by atoms with Gasteiger partial charge in [0.25, 0.3) is 5.91 Å². The molecule has 0 spiro atoms. The summed E-state index contributed by atoms with van der Waals surface area (Å²) in [4.78, 5) is 12.0. The number of benzene rings is 1. The van der Waals surface area contributed by atoms with Gasteiger partial charge < -0.3 is 15.8 Å². The Labute approximate surface area is 116 Å². The molecule has 0 aliphatic carbocycles. The van der Waals surface area contributed by atoms with Crippen LogP contribution in [0.4, 0.5) is 5.69 Å².